The minimum absolute atomic E-state index is 1.18. The summed E-state index contributed by atoms with van der Waals surface area (Å²) >= 11 is -1.50. The summed E-state index contributed by atoms with van der Waals surface area (Å²) in [5.41, 5.74) is 0. The van der Waals surface area contributed by atoms with Gasteiger partial charge in [-0.15, -0.1) is 0 Å². The molecule has 0 aliphatic heterocycles. The first-order chi connectivity index (χ1) is 4.84. The predicted molar refractivity (Wildman–Crippen MR) is 49.6 cm³/mol. The molecule has 1 unspecified atom stereocenters. The minimum atomic E-state index is -1.50. The van der Waals surface area contributed by atoms with Crippen LogP contribution in [0.1, 0.15) is 6.92 Å². The Morgan fingerprint density at radius 1 is 1.30 bits per heavy atom. The Morgan fingerprint density at radius 3 is 2.40 bits per heavy atom. The van der Waals surface area contributed by atoms with Crippen molar-refractivity contribution in [1.29, 1.82) is 0 Å². The van der Waals surface area contributed by atoms with Crippen LogP contribution in [0.15, 0.2) is 30.3 Å². The Balaban J connectivity index is 2.75. The fraction of sp³-hybridized carbons (Fsp3) is 0.250. The molecular weight excluding hydrogens is 204 g/mol. The van der Waals surface area contributed by atoms with Crippen molar-refractivity contribution in [2.75, 3.05) is 0 Å². The molecule has 0 fully saturated rings. The van der Waals surface area contributed by atoms with Gasteiger partial charge in [0, 0.05) is 0 Å². The molecule has 0 aliphatic carbocycles. The molecule has 1 rings (SSSR count). The monoisotopic (exact) mass is 216 g/mol. The second-order valence-corrected chi connectivity index (χ2v) is 10.1. The second-order valence-electron chi connectivity index (χ2n) is 2.29. The zero-order valence-corrected chi connectivity index (χ0v) is 9.23. The fourth-order valence-corrected chi connectivity index (χ4v) is 3.99. The maximum atomic E-state index is 6.18. The van der Waals surface area contributed by atoms with Crippen LogP contribution in [0.4, 0.5) is 0 Å². The molecule has 1 aromatic rings. The van der Waals surface area contributed by atoms with Gasteiger partial charge in [-0.2, -0.15) is 0 Å². The second kappa shape index (κ2) is 4.04. The van der Waals surface area contributed by atoms with Crippen LogP contribution in [0.5, 0.6) is 0 Å². The molecule has 0 bridgehead atoms. The zero-order chi connectivity index (χ0) is 7.40. The van der Waals surface area contributed by atoms with E-state index in [-0.39, 0.29) is 0 Å². The Hall–Kier alpha value is 0.0529. The van der Waals surface area contributed by atoms with Gasteiger partial charge in [0.25, 0.3) is 0 Å². The molecule has 0 saturated heterocycles. The number of rotatable bonds is 2. The summed E-state index contributed by atoms with van der Waals surface area (Å²) in [4.78, 5) is 0. The van der Waals surface area contributed by atoms with Crippen molar-refractivity contribution in [2.45, 2.75) is 12.2 Å². The summed E-state index contributed by atoms with van der Waals surface area (Å²) in [5.74, 6) is 0. The molecule has 0 saturated carbocycles. The average molecular weight is 215 g/mol. The van der Waals surface area contributed by atoms with Crippen LogP contribution >= 0.6 is 10.0 Å². The molecule has 0 N–H and O–H groups in total. The summed E-state index contributed by atoms with van der Waals surface area (Å²) in [5, 5.41) is 1.18. The van der Waals surface area contributed by atoms with Gasteiger partial charge in [0.15, 0.2) is 0 Å². The van der Waals surface area contributed by atoms with E-state index >= 15 is 0 Å². The molecule has 0 aromatic heterocycles. The van der Waals surface area contributed by atoms with Crippen LogP contribution in [0.25, 0.3) is 0 Å². The molecule has 0 aliphatic rings. The van der Waals surface area contributed by atoms with Crippen molar-refractivity contribution in [2.24, 2.45) is 0 Å². The first-order valence-electron chi connectivity index (χ1n) is 3.53. The van der Waals surface area contributed by atoms with Crippen molar-refractivity contribution in [1.82, 2.24) is 0 Å². The molecule has 1 atom stereocenters. The summed E-state index contributed by atoms with van der Waals surface area (Å²) < 4.78 is 1.40. The summed E-state index contributed by atoms with van der Waals surface area (Å²) in [6.07, 6.45) is 0. The van der Waals surface area contributed by atoms with Gasteiger partial charge in [-0.3, -0.25) is 0 Å². The molecule has 0 nitrogen and oxygen atoms in total. The topological polar surface area (TPSA) is 0 Å². The summed E-state index contributed by atoms with van der Waals surface area (Å²) in [6.45, 7) is 2.17. The van der Waals surface area contributed by atoms with Gasteiger partial charge in [0.1, 0.15) is 0 Å². The Morgan fingerprint density at radius 2 is 1.90 bits per heavy atom. The first-order valence-corrected chi connectivity index (χ1v) is 9.64. The van der Waals surface area contributed by atoms with E-state index in [0.717, 1.165) is 0 Å². The van der Waals surface area contributed by atoms with Crippen molar-refractivity contribution in [3.05, 3.63) is 30.3 Å². The van der Waals surface area contributed by atoms with E-state index in [9.17, 15) is 0 Å². The molecule has 0 spiro atoms. The van der Waals surface area contributed by atoms with Crippen LogP contribution in [0.3, 0.4) is 0 Å². The SMILES string of the molecule is C[CH2][GeH]([Cl])[c]1ccccc1. The van der Waals surface area contributed by atoms with Crippen molar-refractivity contribution in [3.8, 4) is 0 Å². The average Bonchev–Trinajstić information content (AvgIpc) is 2.05. The third-order valence-electron chi connectivity index (χ3n) is 1.52. The number of benzene rings is 1. The van der Waals surface area contributed by atoms with Crippen LogP contribution < -0.4 is 4.40 Å². The predicted octanol–water partition coefficient (Wildman–Crippen LogP) is 1.88. The summed E-state index contributed by atoms with van der Waals surface area (Å²) in [6, 6.07) is 10.4. The molecular formula is C8H11ClGe. The van der Waals surface area contributed by atoms with E-state index in [2.05, 4.69) is 31.2 Å². The van der Waals surface area contributed by atoms with Crippen molar-refractivity contribution < 1.29 is 0 Å². The Bertz CT molecular complexity index is 186. The van der Waals surface area contributed by atoms with Gasteiger partial charge >= 0.3 is 70.3 Å². The van der Waals surface area contributed by atoms with E-state index in [1.54, 1.807) is 0 Å². The maximum absolute atomic E-state index is 6.18. The molecule has 0 radical (unpaired) electrons. The van der Waals surface area contributed by atoms with Crippen molar-refractivity contribution in [3.63, 3.8) is 0 Å². The van der Waals surface area contributed by atoms with Gasteiger partial charge in [0.05, 0.1) is 0 Å². The quantitative estimate of drug-likeness (QED) is 0.661. The Labute approximate surface area is 70.5 Å². The Kier molecular flexibility index (Phi) is 3.29. The van der Waals surface area contributed by atoms with Crippen LogP contribution in [-0.2, 0) is 0 Å². The number of halogens is 1. The third kappa shape index (κ3) is 2.03. The van der Waals surface area contributed by atoms with Gasteiger partial charge < -0.3 is 0 Å². The van der Waals surface area contributed by atoms with Gasteiger partial charge in [-0.1, -0.05) is 0 Å². The van der Waals surface area contributed by atoms with Crippen LogP contribution in [0, 0.1) is 0 Å². The van der Waals surface area contributed by atoms with Gasteiger partial charge in [0.2, 0.25) is 0 Å². The van der Waals surface area contributed by atoms with Crippen LogP contribution in [0.2, 0.25) is 5.25 Å². The van der Waals surface area contributed by atoms with E-state index < -0.39 is 13.4 Å². The third-order valence-corrected chi connectivity index (χ3v) is 8.26. The number of hydrogen-bond acceptors (Lipinski definition) is 0. The molecule has 54 valence electrons. The number of hydrogen-bond donors (Lipinski definition) is 0. The molecule has 10 heavy (non-hydrogen) atoms. The summed E-state index contributed by atoms with van der Waals surface area (Å²) in [7, 11) is 6.18. The van der Waals surface area contributed by atoms with Crippen LogP contribution in [-0.4, -0.2) is 13.4 Å². The molecule has 1 aromatic carbocycles. The van der Waals surface area contributed by atoms with E-state index in [0.29, 0.717) is 0 Å². The van der Waals surface area contributed by atoms with E-state index in [1.807, 2.05) is 6.07 Å². The zero-order valence-electron chi connectivity index (χ0n) is 6.05. The first kappa shape index (κ1) is 8.15. The van der Waals surface area contributed by atoms with Gasteiger partial charge in [-0.25, -0.2) is 0 Å². The molecule has 0 amide bonds. The van der Waals surface area contributed by atoms with E-state index in [1.165, 1.54) is 9.65 Å². The fourth-order valence-electron chi connectivity index (χ4n) is 0.898. The standard InChI is InChI=1S/C8H11ClGe/c1-2-10(9)8-6-4-3-5-7-8/h3-7,10H,2H2,1H3. The van der Waals surface area contributed by atoms with E-state index in [4.69, 9.17) is 10.0 Å². The molecule has 2 heteroatoms. The molecule has 0 heterocycles. The normalized spacial score (nSPS) is 13.0. The van der Waals surface area contributed by atoms with Gasteiger partial charge in [-0.05, 0) is 0 Å². The van der Waals surface area contributed by atoms with Crippen molar-refractivity contribution >= 4 is 27.8 Å².